The van der Waals surface area contributed by atoms with Gasteiger partial charge in [-0.2, -0.15) is 0 Å². The van der Waals surface area contributed by atoms with E-state index in [1.165, 1.54) is 12.0 Å². The number of nitrogens with zero attached hydrogens (tertiary/aromatic N) is 1. The lowest BCUT2D eigenvalue weighted by Crippen LogP contribution is -2.33. The first-order valence-electron chi connectivity index (χ1n) is 10.4. The maximum Gasteiger partial charge on any atom is 0.228 e. The number of fused-ring (bicyclic) bond motifs is 1. The zero-order valence-electron chi connectivity index (χ0n) is 16.5. The van der Waals surface area contributed by atoms with Gasteiger partial charge in [-0.25, -0.2) is 0 Å². The zero-order valence-corrected chi connectivity index (χ0v) is 18.0. The Kier molecular flexibility index (Phi) is 6.63. The molecule has 0 bridgehead atoms. The maximum atomic E-state index is 11.4. The van der Waals surface area contributed by atoms with E-state index >= 15 is 0 Å². The van der Waals surface area contributed by atoms with Crippen molar-refractivity contribution in [3.8, 4) is 0 Å². The number of nitrogens with one attached hydrogen (secondary N) is 2. The molecule has 0 aromatic heterocycles. The van der Waals surface area contributed by atoms with Crippen molar-refractivity contribution in [2.45, 2.75) is 38.0 Å². The smallest absolute Gasteiger partial charge is 0.228 e. The molecule has 2 aromatic carbocycles. The van der Waals surface area contributed by atoms with Gasteiger partial charge in [0.1, 0.15) is 0 Å². The Labute approximate surface area is 182 Å². The van der Waals surface area contributed by atoms with Crippen LogP contribution < -0.4 is 10.6 Å². The molecule has 6 heteroatoms. The molecule has 0 unspecified atom stereocenters. The SMILES string of the molecule is O=C1Cc2ccc(NCCCCN3CCC(c4cccc(Cl)c4Cl)CC3)cc2N1. The number of unbranched alkanes of at least 4 members (excludes halogenated alkanes) is 1. The third-order valence-corrected chi connectivity index (χ3v) is 6.81. The third kappa shape index (κ3) is 5.06. The van der Waals surface area contributed by atoms with Crippen LogP contribution >= 0.6 is 23.2 Å². The quantitative estimate of drug-likeness (QED) is 0.563. The van der Waals surface area contributed by atoms with Crippen molar-refractivity contribution >= 4 is 40.5 Å². The number of rotatable bonds is 7. The van der Waals surface area contributed by atoms with Crippen molar-refractivity contribution < 1.29 is 4.79 Å². The fraction of sp³-hybridized carbons (Fsp3) is 0.435. The molecule has 2 aliphatic rings. The minimum absolute atomic E-state index is 0.0820. The Hall–Kier alpha value is -1.75. The lowest BCUT2D eigenvalue weighted by molar-refractivity contribution is -0.115. The molecule has 1 fully saturated rings. The van der Waals surface area contributed by atoms with E-state index in [4.69, 9.17) is 23.2 Å². The number of hydrogen-bond acceptors (Lipinski definition) is 3. The summed E-state index contributed by atoms with van der Waals surface area (Å²) in [6.07, 6.45) is 5.08. The molecule has 0 aliphatic carbocycles. The summed E-state index contributed by atoms with van der Waals surface area (Å²) in [5.41, 5.74) is 4.31. The first-order chi connectivity index (χ1) is 14.1. The Morgan fingerprint density at radius 1 is 1.10 bits per heavy atom. The zero-order chi connectivity index (χ0) is 20.2. The first kappa shape index (κ1) is 20.5. The van der Waals surface area contributed by atoms with Gasteiger partial charge < -0.3 is 15.5 Å². The lowest BCUT2D eigenvalue weighted by Gasteiger charge is -2.32. The van der Waals surface area contributed by atoms with Crippen LogP contribution in [0, 0.1) is 0 Å². The fourth-order valence-electron chi connectivity index (χ4n) is 4.32. The molecule has 0 spiro atoms. The topological polar surface area (TPSA) is 44.4 Å². The summed E-state index contributed by atoms with van der Waals surface area (Å²) in [7, 11) is 0. The molecule has 2 aromatic rings. The predicted octanol–water partition coefficient (Wildman–Crippen LogP) is 5.56. The van der Waals surface area contributed by atoms with Gasteiger partial charge in [0.25, 0.3) is 0 Å². The summed E-state index contributed by atoms with van der Waals surface area (Å²) < 4.78 is 0. The summed E-state index contributed by atoms with van der Waals surface area (Å²) in [5.74, 6) is 0.595. The lowest BCUT2D eigenvalue weighted by atomic mass is 9.89. The molecule has 4 nitrogen and oxygen atoms in total. The van der Waals surface area contributed by atoms with Gasteiger partial charge in [-0.1, -0.05) is 41.4 Å². The molecule has 2 aliphatic heterocycles. The number of carbonyl (C=O) groups is 1. The molecule has 2 heterocycles. The second-order valence-corrected chi connectivity index (χ2v) is 8.77. The highest BCUT2D eigenvalue weighted by molar-refractivity contribution is 6.42. The van der Waals surface area contributed by atoms with E-state index in [9.17, 15) is 4.79 Å². The van der Waals surface area contributed by atoms with Crippen LogP contribution in [-0.4, -0.2) is 37.0 Å². The van der Waals surface area contributed by atoms with Gasteiger partial charge in [0.05, 0.1) is 16.5 Å². The van der Waals surface area contributed by atoms with Crippen LogP contribution in [-0.2, 0) is 11.2 Å². The molecule has 0 radical (unpaired) electrons. The molecule has 154 valence electrons. The molecule has 4 rings (SSSR count). The minimum Gasteiger partial charge on any atom is -0.385 e. The van der Waals surface area contributed by atoms with E-state index in [2.05, 4.69) is 27.7 Å². The number of benzene rings is 2. The predicted molar refractivity (Wildman–Crippen MR) is 121 cm³/mol. The number of halogens is 2. The minimum atomic E-state index is 0.0820. The van der Waals surface area contributed by atoms with E-state index in [1.54, 1.807) is 0 Å². The van der Waals surface area contributed by atoms with Gasteiger partial charge >= 0.3 is 0 Å². The summed E-state index contributed by atoms with van der Waals surface area (Å²) in [5, 5.41) is 7.76. The number of carbonyl (C=O) groups excluding carboxylic acids is 1. The summed E-state index contributed by atoms with van der Waals surface area (Å²) in [6, 6.07) is 12.1. The van der Waals surface area contributed by atoms with Gasteiger partial charge in [0.2, 0.25) is 5.91 Å². The average molecular weight is 432 g/mol. The van der Waals surface area contributed by atoms with Crippen molar-refractivity contribution in [2.24, 2.45) is 0 Å². The van der Waals surface area contributed by atoms with Crippen LogP contribution in [0.25, 0.3) is 0 Å². The van der Waals surface area contributed by atoms with Gasteiger partial charge in [-0.15, -0.1) is 0 Å². The Morgan fingerprint density at radius 3 is 2.76 bits per heavy atom. The van der Waals surface area contributed by atoms with Crippen molar-refractivity contribution in [1.82, 2.24) is 4.90 Å². The molecule has 0 atom stereocenters. The van der Waals surface area contributed by atoms with Crippen molar-refractivity contribution in [1.29, 1.82) is 0 Å². The summed E-state index contributed by atoms with van der Waals surface area (Å²) >= 11 is 12.6. The number of hydrogen-bond donors (Lipinski definition) is 2. The normalized spacial score (nSPS) is 17.2. The van der Waals surface area contributed by atoms with E-state index in [-0.39, 0.29) is 5.91 Å². The highest BCUT2D eigenvalue weighted by atomic mass is 35.5. The fourth-order valence-corrected chi connectivity index (χ4v) is 4.78. The molecule has 2 N–H and O–H groups in total. The monoisotopic (exact) mass is 431 g/mol. The molecule has 29 heavy (non-hydrogen) atoms. The molecular formula is C23H27Cl2N3O. The van der Waals surface area contributed by atoms with Gasteiger partial charge in [0.15, 0.2) is 0 Å². The van der Waals surface area contributed by atoms with Crippen molar-refractivity contribution in [3.63, 3.8) is 0 Å². The van der Waals surface area contributed by atoms with Crippen LogP contribution in [0.4, 0.5) is 11.4 Å². The van der Waals surface area contributed by atoms with Crippen LogP contribution in [0.5, 0.6) is 0 Å². The molecule has 0 saturated carbocycles. The van der Waals surface area contributed by atoms with E-state index in [0.29, 0.717) is 17.4 Å². The average Bonchev–Trinajstić information content (AvgIpc) is 3.10. The van der Waals surface area contributed by atoms with Crippen molar-refractivity contribution in [2.75, 3.05) is 36.8 Å². The Balaban J connectivity index is 1.15. The second-order valence-electron chi connectivity index (χ2n) is 7.99. The molecular weight excluding hydrogens is 405 g/mol. The standard InChI is InChI=1S/C23H27Cl2N3O/c24-20-5-3-4-19(23(20)25)16-8-12-28(13-9-16)11-2-1-10-26-18-7-6-17-14-22(29)27-21(17)15-18/h3-7,15-16,26H,1-2,8-14H2,(H,27,29). The maximum absolute atomic E-state index is 11.4. The number of piperidine rings is 1. The number of anilines is 2. The Bertz CT molecular complexity index is 878. The third-order valence-electron chi connectivity index (χ3n) is 5.97. The van der Waals surface area contributed by atoms with E-state index in [1.807, 2.05) is 24.3 Å². The van der Waals surface area contributed by atoms with E-state index in [0.717, 1.165) is 67.4 Å². The van der Waals surface area contributed by atoms with Gasteiger partial charge in [-0.3, -0.25) is 4.79 Å². The van der Waals surface area contributed by atoms with E-state index < -0.39 is 0 Å². The highest BCUT2D eigenvalue weighted by Gasteiger charge is 2.22. The van der Waals surface area contributed by atoms with Crippen LogP contribution in [0.1, 0.15) is 42.7 Å². The molecule has 1 amide bonds. The Morgan fingerprint density at radius 2 is 1.93 bits per heavy atom. The van der Waals surface area contributed by atoms with Gasteiger partial charge in [0, 0.05) is 17.9 Å². The largest absolute Gasteiger partial charge is 0.385 e. The summed E-state index contributed by atoms with van der Waals surface area (Å²) in [4.78, 5) is 14.0. The summed E-state index contributed by atoms with van der Waals surface area (Å²) in [6.45, 7) is 4.32. The highest BCUT2D eigenvalue weighted by Crippen LogP contribution is 2.36. The van der Waals surface area contributed by atoms with Crippen LogP contribution in [0.2, 0.25) is 10.0 Å². The first-order valence-corrected chi connectivity index (χ1v) is 11.2. The number of likely N-dealkylation sites (tertiary alicyclic amines) is 1. The van der Waals surface area contributed by atoms with Crippen molar-refractivity contribution in [3.05, 3.63) is 57.6 Å². The molecule has 1 saturated heterocycles. The van der Waals surface area contributed by atoms with Gasteiger partial charge in [-0.05, 0) is 80.6 Å². The van der Waals surface area contributed by atoms with Crippen LogP contribution in [0.15, 0.2) is 36.4 Å². The second kappa shape index (κ2) is 9.38. The number of amides is 1. The van der Waals surface area contributed by atoms with Crippen LogP contribution in [0.3, 0.4) is 0 Å².